The van der Waals surface area contributed by atoms with E-state index in [9.17, 15) is 35.5 Å². The molecule has 1 aromatic rings. The Morgan fingerprint density at radius 2 is 1.52 bits per heavy atom. The number of esters is 1. The number of hydrogen-bond donors (Lipinski definition) is 0. The van der Waals surface area contributed by atoms with Crippen molar-refractivity contribution in [1.82, 2.24) is 0 Å². The second-order valence-corrected chi connectivity index (χ2v) is 4.68. The Morgan fingerprint density at radius 3 is 1.96 bits per heavy atom. The molecule has 2 nitrogen and oxygen atoms in total. The van der Waals surface area contributed by atoms with Gasteiger partial charge in [0.05, 0.1) is 6.61 Å². The van der Waals surface area contributed by atoms with Gasteiger partial charge in [0.15, 0.2) is 23.3 Å². The van der Waals surface area contributed by atoms with E-state index in [0.29, 0.717) is 6.42 Å². The van der Waals surface area contributed by atoms with Gasteiger partial charge >= 0.3 is 12.1 Å². The van der Waals surface area contributed by atoms with Crippen molar-refractivity contribution in [2.45, 2.75) is 38.8 Å². The van der Waals surface area contributed by atoms with E-state index in [2.05, 4.69) is 4.74 Å². The fraction of sp³-hybridized carbons (Fsp3) is 0.500. The van der Waals surface area contributed by atoms with Gasteiger partial charge in [-0.2, -0.15) is 13.2 Å². The lowest BCUT2D eigenvalue weighted by Crippen LogP contribution is -2.18. The van der Waals surface area contributed by atoms with Crippen molar-refractivity contribution in [2.75, 3.05) is 6.61 Å². The lowest BCUT2D eigenvalue weighted by molar-refractivity contribution is -0.144. The summed E-state index contributed by atoms with van der Waals surface area (Å²) < 4.78 is 95.7. The lowest BCUT2D eigenvalue weighted by atomic mass is 10.0. The third-order valence-corrected chi connectivity index (χ3v) is 2.98. The van der Waals surface area contributed by atoms with Crippen molar-refractivity contribution in [3.63, 3.8) is 0 Å². The van der Waals surface area contributed by atoms with Gasteiger partial charge in [-0.1, -0.05) is 13.3 Å². The number of alkyl halides is 3. The predicted octanol–water partition coefficient (Wildman–Crippen LogP) is 4.54. The summed E-state index contributed by atoms with van der Waals surface area (Å²) in [5, 5.41) is 0. The third-order valence-electron chi connectivity index (χ3n) is 2.98. The minimum absolute atomic E-state index is 0.0655. The van der Waals surface area contributed by atoms with E-state index in [-0.39, 0.29) is 6.61 Å². The first kappa shape index (κ1) is 19.2. The molecule has 0 radical (unpaired) electrons. The number of halogens is 7. The van der Waals surface area contributed by atoms with Gasteiger partial charge in [0.1, 0.15) is 5.56 Å². The summed E-state index contributed by atoms with van der Waals surface area (Å²) in [5.74, 6) is -10.3. The first-order valence-electron chi connectivity index (χ1n) is 6.68. The van der Waals surface area contributed by atoms with Crippen molar-refractivity contribution in [2.24, 2.45) is 0 Å². The fourth-order valence-electron chi connectivity index (χ4n) is 1.78. The smallest absolute Gasteiger partial charge is 0.422 e. The fourth-order valence-corrected chi connectivity index (χ4v) is 1.78. The van der Waals surface area contributed by atoms with Crippen LogP contribution >= 0.6 is 0 Å². The molecule has 0 aromatic heterocycles. The van der Waals surface area contributed by atoms with Crippen LogP contribution in [0, 0.1) is 23.3 Å². The summed E-state index contributed by atoms with van der Waals surface area (Å²) in [6.45, 7) is 1.89. The van der Waals surface area contributed by atoms with Gasteiger partial charge in [-0.05, 0) is 12.8 Å². The molecule has 0 amide bonds. The van der Waals surface area contributed by atoms with Crippen molar-refractivity contribution < 1.29 is 40.3 Å². The number of carbonyl (C=O) groups excluding carboxylic acids is 1. The standard InChI is InChI=1S/C14H13F7O2/c1-2-3-6-23-8(22)5-4-7-10(15)12(17)9(14(19,20)21)13(18)11(7)16/h2-6H2,1H3. The zero-order valence-corrected chi connectivity index (χ0v) is 12.0. The monoisotopic (exact) mass is 346 g/mol. The molecule has 0 fully saturated rings. The molecule has 1 rings (SSSR count). The molecule has 0 aliphatic heterocycles. The highest BCUT2D eigenvalue weighted by atomic mass is 19.4. The maximum absolute atomic E-state index is 13.6. The Kier molecular flexibility index (Phi) is 6.40. The zero-order chi connectivity index (χ0) is 17.8. The highest BCUT2D eigenvalue weighted by Crippen LogP contribution is 2.37. The van der Waals surface area contributed by atoms with Crippen LogP contribution in [0.25, 0.3) is 0 Å². The second-order valence-electron chi connectivity index (χ2n) is 4.68. The SMILES string of the molecule is CCCCOC(=O)CCc1c(F)c(F)c(C(F)(F)F)c(F)c1F. The van der Waals surface area contributed by atoms with E-state index < -0.39 is 59.4 Å². The summed E-state index contributed by atoms with van der Waals surface area (Å²) in [7, 11) is 0. The van der Waals surface area contributed by atoms with Crippen LogP contribution in [-0.4, -0.2) is 12.6 Å². The lowest BCUT2D eigenvalue weighted by Gasteiger charge is -2.14. The van der Waals surface area contributed by atoms with Crippen molar-refractivity contribution in [3.05, 3.63) is 34.4 Å². The topological polar surface area (TPSA) is 26.3 Å². The Labute approximate surface area is 127 Å². The van der Waals surface area contributed by atoms with Crippen LogP contribution < -0.4 is 0 Å². The molecule has 23 heavy (non-hydrogen) atoms. The number of rotatable bonds is 6. The molecule has 0 N–H and O–H groups in total. The van der Waals surface area contributed by atoms with Crippen molar-refractivity contribution in [3.8, 4) is 0 Å². The maximum Gasteiger partial charge on any atom is 0.422 e. The second kappa shape index (κ2) is 7.65. The molecule has 0 aliphatic carbocycles. The average molecular weight is 346 g/mol. The van der Waals surface area contributed by atoms with E-state index in [1.54, 1.807) is 0 Å². The van der Waals surface area contributed by atoms with Crippen molar-refractivity contribution >= 4 is 5.97 Å². The number of hydrogen-bond acceptors (Lipinski definition) is 2. The van der Waals surface area contributed by atoms with E-state index in [1.807, 2.05) is 6.92 Å². The largest absolute Gasteiger partial charge is 0.466 e. The van der Waals surface area contributed by atoms with Crippen LogP contribution in [0.1, 0.15) is 37.3 Å². The maximum atomic E-state index is 13.6. The van der Waals surface area contributed by atoms with Crippen LogP contribution in [0.15, 0.2) is 0 Å². The molecule has 0 atom stereocenters. The molecule has 0 saturated carbocycles. The minimum Gasteiger partial charge on any atom is -0.466 e. The van der Waals surface area contributed by atoms with Crippen LogP contribution in [0.3, 0.4) is 0 Å². The highest BCUT2D eigenvalue weighted by molar-refractivity contribution is 5.69. The van der Waals surface area contributed by atoms with Gasteiger partial charge in [-0.25, -0.2) is 17.6 Å². The minimum atomic E-state index is -5.59. The Hall–Kier alpha value is -1.80. The van der Waals surface area contributed by atoms with Gasteiger partial charge in [0.2, 0.25) is 0 Å². The molecule has 0 saturated heterocycles. The zero-order valence-electron chi connectivity index (χ0n) is 12.0. The Balaban J connectivity index is 3.00. The quantitative estimate of drug-likeness (QED) is 0.327. The molecule has 0 bridgehead atoms. The van der Waals surface area contributed by atoms with E-state index in [4.69, 9.17) is 0 Å². The third kappa shape index (κ3) is 4.59. The predicted molar refractivity (Wildman–Crippen MR) is 65.5 cm³/mol. The molecule has 9 heteroatoms. The summed E-state index contributed by atoms with van der Waals surface area (Å²) in [4.78, 5) is 11.3. The highest BCUT2D eigenvalue weighted by Gasteiger charge is 2.42. The average Bonchev–Trinajstić information content (AvgIpc) is 2.44. The van der Waals surface area contributed by atoms with Crippen molar-refractivity contribution in [1.29, 1.82) is 0 Å². The van der Waals surface area contributed by atoms with Crippen LogP contribution in [0.4, 0.5) is 30.7 Å². The first-order chi connectivity index (χ1) is 10.6. The van der Waals surface area contributed by atoms with E-state index >= 15 is 0 Å². The molecule has 130 valence electrons. The van der Waals surface area contributed by atoms with Crippen LogP contribution in [-0.2, 0) is 22.1 Å². The van der Waals surface area contributed by atoms with E-state index in [1.165, 1.54) is 0 Å². The first-order valence-corrected chi connectivity index (χ1v) is 6.68. The number of carbonyl (C=O) groups is 1. The molecule has 0 spiro atoms. The van der Waals surface area contributed by atoms with Gasteiger partial charge in [-0.3, -0.25) is 4.79 Å². The summed E-state index contributed by atoms with van der Waals surface area (Å²) >= 11 is 0. The Morgan fingerprint density at radius 1 is 1.00 bits per heavy atom. The van der Waals surface area contributed by atoms with Gasteiger partial charge in [0, 0.05) is 12.0 Å². The van der Waals surface area contributed by atoms with Gasteiger partial charge in [-0.15, -0.1) is 0 Å². The van der Waals surface area contributed by atoms with Gasteiger partial charge in [0.25, 0.3) is 0 Å². The molecule has 0 unspecified atom stereocenters. The van der Waals surface area contributed by atoms with Gasteiger partial charge < -0.3 is 4.74 Å². The Bertz CT molecular complexity index is 552. The normalized spacial score (nSPS) is 11.7. The molecule has 0 heterocycles. The molecule has 1 aromatic carbocycles. The summed E-state index contributed by atoms with van der Waals surface area (Å²) in [5.41, 5.74) is -3.90. The van der Waals surface area contributed by atoms with E-state index in [0.717, 1.165) is 6.42 Å². The number of ether oxygens (including phenoxy) is 1. The number of benzene rings is 1. The summed E-state index contributed by atoms with van der Waals surface area (Å²) in [6.07, 6.45) is -5.76. The molecular weight excluding hydrogens is 333 g/mol. The van der Waals surface area contributed by atoms with Crippen LogP contribution in [0.5, 0.6) is 0 Å². The summed E-state index contributed by atoms with van der Waals surface area (Å²) in [6, 6.07) is 0. The number of unbranched alkanes of at least 4 members (excludes halogenated alkanes) is 1. The van der Waals surface area contributed by atoms with Crippen LogP contribution in [0.2, 0.25) is 0 Å². The molecule has 0 aliphatic rings. The molecular formula is C14H13F7O2.